The lowest BCUT2D eigenvalue weighted by Crippen LogP contribution is -2.41. The molecule has 1 amide bonds. The summed E-state index contributed by atoms with van der Waals surface area (Å²) in [5.74, 6) is 1.59. The molecule has 5 nitrogen and oxygen atoms in total. The van der Waals surface area contributed by atoms with E-state index in [0.29, 0.717) is 13.1 Å². The highest BCUT2D eigenvalue weighted by Crippen LogP contribution is 2.37. The summed E-state index contributed by atoms with van der Waals surface area (Å²) in [5, 5.41) is 6.35. The van der Waals surface area contributed by atoms with Crippen LogP contribution in [0.5, 0.6) is 11.5 Å². The number of amides is 1. The van der Waals surface area contributed by atoms with Crippen LogP contribution in [-0.2, 0) is 4.79 Å². The van der Waals surface area contributed by atoms with E-state index in [-0.39, 0.29) is 29.7 Å². The molecule has 4 rings (SSSR count). The second-order valence-corrected chi connectivity index (χ2v) is 8.53. The second-order valence-electron chi connectivity index (χ2n) is 8.53. The topological polar surface area (TPSA) is 59.6 Å². The van der Waals surface area contributed by atoms with Crippen molar-refractivity contribution in [1.82, 2.24) is 5.32 Å². The van der Waals surface area contributed by atoms with Crippen molar-refractivity contribution in [2.75, 3.05) is 25.5 Å². The van der Waals surface area contributed by atoms with Crippen LogP contribution in [0.15, 0.2) is 42.5 Å². The molecule has 1 saturated heterocycles. The molecule has 6 heteroatoms. The molecule has 2 atom stereocenters. The summed E-state index contributed by atoms with van der Waals surface area (Å²) < 4.78 is 24.8. The van der Waals surface area contributed by atoms with E-state index in [4.69, 9.17) is 9.47 Å². The zero-order valence-electron chi connectivity index (χ0n) is 18.0. The Balaban J connectivity index is 1.38. The fourth-order valence-corrected chi connectivity index (χ4v) is 4.59. The summed E-state index contributed by atoms with van der Waals surface area (Å²) in [6, 6.07) is 12.4. The Labute approximate surface area is 183 Å². The van der Waals surface area contributed by atoms with Crippen molar-refractivity contribution >= 4 is 11.6 Å². The number of ether oxygens (including phenoxy) is 2. The molecule has 0 radical (unpaired) electrons. The number of benzene rings is 2. The number of rotatable bonds is 8. The number of hydrogen-bond donors (Lipinski definition) is 2. The lowest BCUT2D eigenvalue weighted by atomic mass is 9.83. The van der Waals surface area contributed by atoms with Crippen molar-refractivity contribution in [3.63, 3.8) is 0 Å². The minimum Gasteiger partial charge on any atom is -0.493 e. The number of carbonyl (C=O) groups excluding carboxylic acids is 1. The van der Waals surface area contributed by atoms with Gasteiger partial charge in [0.1, 0.15) is 5.82 Å². The number of hydrogen-bond acceptors (Lipinski definition) is 4. The van der Waals surface area contributed by atoms with Gasteiger partial charge in [-0.15, -0.1) is 0 Å². The Bertz CT molecular complexity index is 881. The smallest absolute Gasteiger partial charge is 0.223 e. The van der Waals surface area contributed by atoms with Gasteiger partial charge < -0.3 is 20.1 Å². The first-order valence-electron chi connectivity index (χ1n) is 11.2. The zero-order chi connectivity index (χ0) is 21.6. The summed E-state index contributed by atoms with van der Waals surface area (Å²) in [7, 11) is 1.67. The lowest BCUT2D eigenvalue weighted by Gasteiger charge is -2.30. The summed E-state index contributed by atoms with van der Waals surface area (Å²) in [4.78, 5) is 12.4. The second kappa shape index (κ2) is 10.0. The van der Waals surface area contributed by atoms with Gasteiger partial charge in [-0.25, -0.2) is 4.39 Å². The Morgan fingerprint density at radius 1 is 1.10 bits per heavy atom. The van der Waals surface area contributed by atoms with E-state index in [1.165, 1.54) is 30.5 Å². The molecule has 1 heterocycles. The predicted molar refractivity (Wildman–Crippen MR) is 119 cm³/mol. The van der Waals surface area contributed by atoms with Gasteiger partial charge in [-0.2, -0.15) is 0 Å². The van der Waals surface area contributed by atoms with Crippen LogP contribution in [0, 0.1) is 11.7 Å². The van der Waals surface area contributed by atoms with E-state index in [0.717, 1.165) is 42.9 Å². The van der Waals surface area contributed by atoms with Gasteiger partial charge in [-0.3, -0.25) is 4.79 Å². The van der Waals surface area contributed by atoms with E-state index >= 15 is 0 Å². The third kappa shape index (κ3) is 5.49. The molecule has 2 unspecified atom stereocenters. The van der Waals surface area contributed by atoms with Gasteiger partial charge in [0.15, 0.2) is 11.5 Å². The maximum Gasteiger partial charge on any atom is 0.223 e. The molecule has 166 valence electrons. The molecule has 0 bridgehead atoms. The summed E-state index contributed by atoms with van der Waals surface area (Å²) in [5.41, 5.74) is 2.03. The molecule has 2 fully saturated rings. The average molecular weight is 427 g/mol. The molecule has 2 aromatic carbocycles. The molecule has 2 aliphatic rings. The zero-order valence-corrected chi connectivity index (χ0v) is 18.0. The van der Waals surface area contributed by atoms with Crippen LogP contribution in [0.25, 0.3) is 0 Å². The maximum absolute atomic E-state index is 13.0. The summed E-state index contributed by atoms with van der Waals surface area (Å²) in [6.45, 7) is 1.30. The fourth-order valence-electron chi connectivity index (χ4n) is 4.59. The number of halogens is 1. The molecule has 0 spiro atoms. The maximum atomic E-state index is 13.0. The van der Waals surface area contributed by atoms with E-state index in [1.54, 1.807) is 19.2 Å². The van der Waals surface area contributed by atoms with Crippen molar-refractivity contribution in [2.24, 2.45) is 5.92 Å². The first-order chi connectivity index (χ1) is 15.1. The van der Waals surface area contributed by atoms with Gasteiger partial charge in [0.2, 0.25) is 5.91 Å². The quantitative estimate of drug-likeness (QED) is 0.632. The highest BCUT2D eigenvalue weighted by Gasteiger charge is 2.30. The minimum atomic E-state index is -0.254. The number of nitrogens with one attached hydrogen (secondary N) is 2. The number of methoxy groups -OCH3 is 1. The van der Waals surface area contributed by atoms with Gasteiger partial charge in [0, 0.05) is 30.6 Å². The highest BCUT2D eigenvalue weighted by molar-refractivity contribution is 5.79. The van der Waals surface area contributed by atoms with E-state index < -0.39 is 0 Å². The Morgan fingerprint density at radius 3 is 2.61 bits per heavy atom. The van der Waals surface area contributed by atoms with Crippen molar-refractivity contribution in [2.45, 2.75) is 50.5 Å². The van der Waals surface area contributed by atoms with E-state index in [2.05, 4.69) is 22.8 Å². The fraction of sp³-hybridized carbons (Fsp3) is 0.480. The van der Waals surface area contributed by atoms with Crippen LogP contribution in [0.1, 0.15) is 50.0 Å². The SMILES string of the molecule is COc1ccc(C2CNC(=O)C(CCNc3ccc(F)cc3)C2)cc1OC1CCCC1. The number of piperidine rings is 1. The molecule has 0 aromatic heterocycles. The van der Waals surface area contributed by atoms with E-state index in [1.807, 2.05) is 6.07 Å². The highest BCUT2D eigenvalue weighted by atomic mass is 19.1. The van der Waals surface area contributed by atoms with Crippen molar-refractivity contribution in [3.05, 3.63) is 53.8 Å². The third-order valence-electron chi connectivity index (χ3n) is 6.38. The van der Waals surface area contributed by atoms with E-state index in [9.17, 15) is 9.18 Å². The van der Waals surface area contributed by atoms with Crippen LogP contribution in [0.3, 0.4) is 0 Å². The molecule has 1 aliphatic carbocycles. The van der Waals surface area contributed by atoms with Gasteiger partial charge in [0.05, 0.1) is 13.2 Å². The normalized spacial score (nSPS) is 21.5. The Kier molecular flexibility index (Phi) is 6.95. The Morgan fingerprint density at radius 2 is 1.87 bits per heavy atom. The largest absolute Gasteiger partial charge is 0.493 e. The molecule has 31 heavy (non-hydrogen) atoms. The van der Waals surface area contributed by atoms with Crippen LogP contribution in [0.4, 0.5) is 10.1 Å². The molecule has 1 aliphatic heterocycles. The van der Waals surface area contributed by atoms with Crippen LogP contribution in [0.2, 0.25) is 0 Å². The summed E-state index contributed by atoms with van der Waals surface area (Å²) in [6.07, 6.45) is 6.41. The molecular formula is C25H31FN2O3. The first kappa shape index (κ1) is 21.5. The molecule has 2 N–H and O–H groups in total. The van der Waals surface area contributed by atoms with Crippen molar-refractivity contribution in [3.8, 4) is 11.5 Å². The number of anilines is 1. The van der Waals surface area contributed by atoms with Crippen LogP contribution >= 0.6 is 0 Å². The first-order valence-corrected chi connectivity index (χ1v) is 11.2. The average Bonchev–Trinajstić information content (AvgIpc) is 3.29. The Hall–Kier alpha value is -2.76. The monoisotopic (exact) mass is 426 g/mol. The molecule has 2 aromatic rings. The minimum absolute atomic E-state index is 0.0620. The predicted octanol–water partition coefficient (Wildman–Crippen LogP) is 4.88. The lowest BCUT2D eigenvalue weighted by molar-refractivity contribution is -0.127. The van der Waals surface area contributed by atoms with Gasteiger partial charge >= 0.3 is 0 Å². The molecule has 1 saturated carbocycles. The third-order valence-corrected chi connectivity index (χ3v) is 6.38. The standard InChI is InChI=1S/C25H31FN2O3/c1-30-23-11-6-17(15-24(23)31-22-4-2-3-5-22)19-14-18(25(29)28-16-19)12-13-27-21-9-7-20(26)8-10-21/h6-11,15,18-19,22,27H,2-5,12-14,16H2,1H3,(H,28,29). The van der Waals surface area contributed by atoms with Gasteiger partial charge in [-0.05, 0) is 80.5 Å². The van der Waals surface area contributed by atoms with Crippen LogP contribution < -0.4 is 20.1 Å². The summed E-state index contributed by atoms with van der Waals surface area (Å²) >= 11 is 0. The van der Waals surface area contributed by atoms with Crippen molar-refractivity contribution < 1.29 is 18.7 Å². The number of carbonyl (C=O) groups is 1. The van der Waals surface area contributed by atoms with Crippen LogP contribution in [-0.4, -0.2) is 32.2 Å². The van der Waals surface area contributed by atoms with Gasteiger partial charge in [-0.1, -0.05) is 6.07 Å². The van der Waals surface area contributed by atoms with Crippen molar-refractivity contribution in [1.29, 1.82) is 0 Å². The van der Waals surface area contributed by atoms with Gasteiger partial charge in [0.25, 0.3) is 0 Å². The molecular weight excluding hydrogens is 395 g/mol.